The number of rotatable bonds is 6. The minimum absolute atomic E-state index is 0.141. The van der Waals surface area contributed by atoms with Crippen molar-refractivity contribution in [1.29, 1.82) is 0 Å². The van der Waals surface area contributed by atoms with Gasteiger partial charge in [-0.2, -0.15) is 4.31 Å². The number of nitrogens with zero attached hydrogens (tertiary/aromatic N) is 3. The van der Waals surface area contributed by atoms with Gasteiger partial charge in [-0.15, -0.1) is 0 Å². The van der Waals surface area contributed by atoms with Crippen LogP contribution in [0.4, 0.5) is 0 Å². The van der Waals surface area contributed by atoms with E-state index in [-0.39, 0.29) is 5.75 Å². The van der Waals surface area contributed by atoms with Crippen LogP contribution in [0.2, 0.25) is 0 Å². The summed E-state index contributed by atoms with van der Waals surface area (Å²) in [6, 6.07) is 5.58. The number of hydrogen-bond donors (Lipinski definition) is 0. The summed E-state index contributed by atoms with van der Waals surface area (Å²) in [4.78, 5) is 6.44. The van der Waals surface area contributed by atoms with E-state index >= 15 is 0 Å². The molecule has 0 aliphatic carbocycles. The lowest BCUT2D eigenvalue weighted by Crippen LogP contribution is -2.49. The molecular weight excluding hydrogens is 342 g/mol. The number of sulfonamides is 1. The highest BCUT2D eigenvalue weighted by Gasteiger charge is 2.26. The third-order valence-corrected chi connectivity index (χ3v) is 5.69. The van der Waals surface area contributed by atoms with Crippen LogP contribution in [0.5, 0.6) is 0 Å². The van der Waals surface area contributed by atoms with Crippen molar-refractivity contribution >= 4 is 26.0 Å². The van der Waals surface area contributed by atoms with E-state index < -0.39 is 10.0 Å². The predicted octanol–water partition coefficient (Wildman–Crippen LogP) is 0.966. The van der Waals surface area contributed by atoms with Gasteiger partial charge in [-0.25, -0.2) is 8.42 Å². The largest absolute Gasteiger partial charge is 0.300 e. The van der Waals surface area contributed by atoms with Crippen LogP contribution in [-0.4, -0.2) is 66.4 Å². The second kappa shape index (κ2) is 7.49. The lowest BCUT2D eigenvalue weighted by molar-refractivity contribution is 0.198. The molecular formula is C13H20BrN3O2S. The first kappa shape index (κ1) is 15.9. The second-order valence-electron chi connectivity index (χ2n) is 4.82. The molecule has 0 aromatic carbocycles. The summed E-state index contributed by atoms with van der Waals surface area (Å²) < 4.78 is 26.2. The van der Waals surface area contributed by atoms with Gasteiger partial charge >= 0.3 is 0 Å². The SMILES string of the molecule is O=S(=O)(CCc1ccccn1)N1CCN(CCBr)CC1. The third-order valence-electron chi connectivity index (χ3n) is 3.47. The molecule has 20 heavy (non-hydrogen) atoms. The summed E-state index contributed by atoms with van der Waals surface area (Å²) in [5.74, 6) is 0.141. The van der Waals surface area contributed by atoms with Crippen molar-refractivity contribution in [2.45, 2.75) is 6.42 Å². The highest BCUT2D eigenvalue weighted by molar-refractivity contribution is 9.09. The molecule has 0 amide bonds. The fraction of sp³-hybridized carbons (Fsp3) is 0.615. The smallest absolute Gasteiger partial charge is 0.214 e. The van der Waals surface area contributed by atoms with Gasteiger partial charge in [-0.05, 0) is 12.1 Å². The zero-order valence-corrected chi connectivity index (χ0v) is 13.8. The maximum Gasteiger partial charge on any atom is 0.214 e. The number of pyridine rings is 1. The molecule has 0 spiro atoms. The van der Waals surface area contributed by atoms with Crippen molar-refractivity contribution in [3.8, 4) is 0 Å². The number of hydrogen-bond acceptors (Lipinski definition) is 4. The summed E-state index contributed by atoms with van der Waals surface area (Å²) >= 11 is 3.41. The van der Waals surface area contributed by atoms with Crippen LogP contribution in [0.3, 0.4) is 0 Å². The van der Waals surface area contributed by atoms with Gasteiger partial charge in [0.25, 0.3) is 0 Å². The highest BCUT2D eigenvalue weighted by atomic mass is 79.9. The van der Waals surface area contributed by atoms with E-state index in [2.05, 4.69) is 25.8 Å². The first-order chi connectivity index (χ1) is 9.62. The molecule has 2 rings (SSSR count). The van der Waals surface area contributed by atoms with Gasteiger partial charge in [-0.3, -0.25) is 9.88 Å². The first-order valence-electron chi connectivity index (χ1n) is 6.78. The zero-order valence-electron chi connectivity index (χ0n) is 11.4. The van der Waals surface area contributed by atoms with Crippen LogP contribution in [0.25, 0.3) is 0 Å². The summed E-state index contributed by atoms with van der Waals surface area (Å²) in [5.41, 5.74) is 0.828. The average molecular weight is 362 g/mol. The summed E-state index contributed by atoms with van der Waals surface area (Å²) in [7, 11) is -3.16. The molecule has 1 aromatic heterocycles. The van der Waals surface area contributed by atoms with Gasteiger partial charge in [0, 0.05) is 56.4 Å². The van der Waals surface area contributed by atoms with Crippen LogP contribution in [0, 0.1) is 0 Å². The fourth-order valence-electron chi connectivity index (χ4n) is 2.26. The Morgan fingerprint density at radius 2 is 1.95 bits per heavy atom. The number of aryl methyl sites for hydroxylation is 1. The molecule has 0 unspecified atom stereocenters. The molecule has 1 saturated heterocycles. The minimum atomic E-state index is -3.16. The van der Waals surface area contributed by atoms with E-state index in [4.69, 9.17) is 0 Å². The maximum absolute atomic E-state index is 12.3. The number of halogens is 1. The average Bonchev–Trinajstić information content (AvgIpc) is 2.47. The van der Waals surface area contributed by atoms with Crippen LogP contribution >= 0.6 is 15.9 Å². The molecule has 1 aliphatic heterocycles. The molecule has 0 atom stereocenters. The Balaban J connectivity index is 1.85. The van der Waals surface area contributed by atoms with Crippen molar-refractivity contribution in [1.82, 2.24) is 14.2 Å². The second-order valence-corrected chi connectivity index (χ2v) is 7.70. The molecule has 5 nitrogen and oxygen atoms in total. The molecule has 0 saturated carbocycles. The Kier molecular flexibility index (Phi) is 5.95. The quantitative estimate of drug-likeness (QED) is 0.708. The Hall–Kier alpha value is -0.500. The van der Waals surface area contributed by atoms with Gasteiger partial charge in [0.15, 0.2) is 0 Å². The van der Waals surface area contributed by atoms with Gasteiger partial charge in [0.1, 0.15) is 0 Å². The molecule has 7 heteroatoms. The molecule has 2 heterocycles. The van der Waals surface area contributed by atoms with Crippen LogP contribution in [-0.2, 0) is 16.4 Å². The third kappa shape index (κ3) is 4.51. The molecule has 0 radical (unpaired) electrons. The van der Waals surface area contributed by atoms with E-state index in [0.717, 1.165) is 30.7 Å². The number of aromatic nitrogens is 1. The molecule has 112 valence electrons. The minimum Gasteiger partial charge on any atom is -0.300 e. The standard InChI is InChI=1S/C13H20BrN3O2S/c14-5-7-16-8-10-17(11-9-16)20(18,19)12-4-13-3-1-2-6-15-13/h1-3,6H,4-5,7-12H2. The molecule has 1 aliphatic rings. The van der Waals surface area contributed by atoms with E-state index in [1.165, 1.54) is 0 Å². The van der Waals surface area contributed by atoms with Gasteiger partial charge in [-0.1, -0.05) is 22.0 Å². The van der Waals surface area contributed by atoms with Gasteiger partial charge in [0.05, 0.1) is 5.75 Å². The lowest BCUT2D eigenvalue weighted by Gasteiger charge is -2.33. The Morgan fingerprint density at radius 3 is 2.55 bits per heavy atom. The van der Waals surface area contributed by atoms with Crippen LogP contribution in [0.15, 0.2) is 24.4 Å². The van der Waals surface area contributed by atoms with Crippen molar-refractivity contribution in [2.75, 3.05) is 43.8 Å². The lowest BCUT2D eigenvalue weighted by atomic mass is 10.3. The van der Waals surface area contributed by atoms with Gasteiger partial charge in [0.2, 0.25) is 10.0 Å². The first-order valence-corrected chi connectivity index (χ1v) is 9.51. The normalized spacial score (nSPS) is 18.2. The summed E-state index contributed by atoms with van der Waals surface area (Å²) in [6.07, 6.45) is 2.17. The molecule has 1 fully saturated rings. The van der Waals surface area contributed by atoms with Crippen LogP contribution in [0.1, 0.15) is 5.69 Å². The van der Waals surface area contributed by atoms with E-state index in [9.17, 15) is 8.42 Å². The summed E-state index contributed by atoms with van der Waals surface area (Å²) in [6.45, 7) is 3.79. The van der Waals surface area contributed by atoms with Crippen molar-refractivity contribution in [2.24, 2.45) is 0 Å². The zero-order chi connectivity index (χ0) is 14.4. The Bertz CT molecular complexity index is 502. The highest BCUT2D eigenvalue weighted by Crippen LogP contribution is 2.10. The van der Waals surface area contributed by atoms with Crippen LogP contribution < -0.4 is 0 Å². The van der Waals surface area contributed by atoms with Crippen molar-refractivity contribution in [3.63, 3.8) is 0 Å². The predicted molar refractivity (Wildman–Crippen MR) is 83.5 cm³/mol. The van der Waals surface area contributed by atoms with Crippen molar-refractivity contribution in [3.05, 3.63) is 30.1 Å². The van der Waals surface area contributed by atoms with E-state index in [1.54, 1.807) is 10.5 Å². The maximum atomic E-state index is 12.3. The fourth-order valence-corrected chi connectivity index (χ4v) is 4.21. The van der Waals surface area contributed by atoms with E-state index in [0.29, 0.717) is 19.5 Å². The number of alkyl halides is 1. The number of piperazine rings is 1. The molecule has 1 aromatic rings. The molecule has 0 bridgehead atoms. The monoisotopic (exact) mass is 361 g/mol. The Morgan fingerprint density at radius 1 is 1.20 bits per heavy atom. The van der Waals surface area contributed by atoms with Gasteiger partial charge < -0.3 is 0 Å². The van der Waals surface area contributed by atoms with Crippen molar-refractivity contribution < 1.29 is 8.42 Å². The Labute approximate surface area is 129 Å². The summed E-state index contributed by atoms with van der Waals surface area (Å²) in [5, 5.41) is 0.930. The molecule has 0 N–H and O–H groups in total. The van der Waals surface area contributed by atoms with E-state index in [1.807, 2.05) is 18.2 Å². The topological polar surface area (TPSA) is 53.5 Å².